The minimum Gasteiger partial charge on any atom is -0.430 e. The molecule has 2 aliphatic rings. The fourth-order valence-corrected chi connectivity index (χ4v) is 3.29. The lowest BCUT2D eigenvalue weighted by Gasteiger charge is -2.44. The van der Waals surface area contributed by atoms with Crippen molar-refractivity contribution < 1.29 is 4.65 Å². The van der Waals surface area contributed by atoms with E-state index >= 15 is 0 Å². The molecular formula is C14H27BO. The predicted octanol–water partition coefficient (Wildman–Crippen LogP) is 4.54. The largest absolute Gasteiger partial charge is 0.430 e. The molecule has 0 saturated carbocycles. The maximum absolute atomic E-state index is 6.51. The molecule has 0 aliphatic carbocycles. The minimum absolute atomic E-state index is 0.0514. The summed E-state index contributed by atoms with van der Waals surface area (Å²) >= 11 is 0. The molecule has 2 saturated heterocycles. The highest BCUT2D eigenvalue weighted by atomic mass is 16.5. The Morgan fingerprint density at radius 1 is 1.00 bits per heavy atom. The van der Waals surface area contributed by atoms with E-state index in [1.807, 2.05) is 0 Å². The quantitative estimate of drug-likeness (QED) is 0.637. The normalized spacial score (nSPS) is 30.9. The Morgan fingerprint density at radius 2 is 1.44 bits per heavy atom. The van der Waals surface area contributed by atoms with Gasteiger partial charge in [0, 0.05) is 5.60 Å². The molecule has 0 aromatic rings. The third kappa shape index (κ3) is 2.47. The van der Waals surface area contributed by atoms with Crippen LogP contribution in [-0.2, 0) is 4.65 Å². The van der Waals surface area contributed by atoms with Crippen LogP contribution in [0.15, 0.2) is 0 Å². The standard InChI is InChI=1S/C14H27BO/c1-11(2)14(3,4)16-15-12-7-5-8-13(15)10-6-9-12/h11-13H,5-10H2,1-4H3. The van der Waals surface area contributed by atoms with Crippen LogP contribution in [0.2, 0.25) is 11.6 Å². The second kappa shape index (κ2) is 4.72. The maximum Gasteiger partial charge on any atom is 0.300 e. The SMILES string of the molecule is CC(C)C(C)(C)OB1C2CCCC1CCC2. The molecule has 2 heterocycles. The average Bonchev–Trinajstić information content (AvgIpc) is 2.16. The van der Waals surface area contributed by atoms with Crippen molar-refractivity contribution in [2.75, 3.05) is 0 Å². The molecule has 1 nitrogen and oxygen atoms in total. The molecule has 2 bridgehead atoms. The van der Waals surface area contributed by atoms with Crippen LogP contribution in [0.4, 0.5) is 0 Å². The lowest BCUT2D eigenvalue weighted by molar-refractivity contribution is 0.0462. The molecule has 0 aromatic heterocycles. The van der Waals surface area contributed by atoms with Gasteiger partial charge in [-0.1, -0.05) is 52.4 Å². The summed E-state index contributed by atoms with van der Waals surface area (Å²) < 4.78 is 6.51. The van der Waals surface area contributed by atoms with E-state index in [4.69, 9.17) is 4.65 Å². The first-order valence-electron chi connectivity index (χ1n) is 7.18. The number of hydrogen-bond acceptors (Lipinski definition) is 1. The van der Waals surface area contributed by atoms with Gasteiger partial charge in [0.05, 0.1) is 0 Å². The molecule has 92 valence electrons. The highest BCUT2D eigenvalue weighted by molar-refractivity contribution is 6.56. The van der Waals surface area contributed by atoms with Gasteiger partial charge in [-0.3, -0.25) is 0 Å². The summed E-state index contributed by atoms with van der Waals surface area (Å²) in [4.78, 5) is 0. The summed E-state index contributed by atoms with van der Waals surface area (Å²) in [5.74, 6) is 2.34. The van der Waals surface area contributed by atoms with Gasteiger partial charge >= 0.3 is 0 Å². The molecule has 2 heteroatoms. The Kier molecular flexibility index (Phi) is 3.68. The van der Waals surface area contributed by atoms with Gasteiger partial charge in [-0.2, -0.15) is 0 Å². The predicted molar refractivity (Wildman–Crippen MR) is 71.0 cm³/mol. The van der Waals surface area contributed by atoms with Gasteiger partial charge in [0.1, 0.15) is 0 Å². The van der Waals surface area contributed by atoms with Gasteiger partial charge in [0.15, 0.2) is 0 Å². The van der Waals surface area contributed by atoms with Crippen molar-refractivity contribution >= 4 is 6.92 Å². The summed E-state index contributed by atoms with van der Waals surface area (Å²) in [6, 6.07) is 0. The topological polar surface area (TPSA) is 9.23 Å². The molecule has 0 N–H and O–H groups in total. The van der Waals surface area contributed by atoms with E-state index in [0.29, 0.717) is 12.8 Å². The van der Waals surface area contributed by atoms with Gasteiger partial charge in [0.2, 0.25) is 0 Å². The van der Waals surface area contributed by atoms with E-state index in [9.17, 15) is 0 Å². The fraction of sp³-hybridized carbons (Fsp3) is 1.00. The van der Waals surface area contributed by atoms with Crippen LogP contribution in [0.25, 0.3) is 0 Å². The van der Waals surface area contributed by atoms with E-state index in [1.165, 1.54) is 38.5 Å². The smallest absolute Gasteiger partial charge is 0.300 e. The Labute approximate surface area is 101 Å². The molecule has 2 aliphatic heterocycles. The molecule has 0 amide bonds. The lowest BCUT2D eigenvalue weighted by atomic mass is 9.37. The van der Waals surface area contributed by atoms with Crippen LogP contribution in [0.1, 0.15) is 66.2 Å². The summed E-state index contributed by atoms with van der Waals surface area (Å²) in [5.41, 5.74) is 0.0514. The van der Waals surface area contributed by atoms with Crippen molar-refractivity contribution in [3.05, 3.63) is 0 Å². The van der Waals surface area contributed by atoms with Crippen molar-refractivity contribution in [1.82, 2.24) is 0 Å². The molecule has 0 radical (unpaired) electrons. The number of hydrogen-bond donors (Lipinski definition) is 0. The Bertz CT molecular complexity index is 215. The molecule has 0 spiro atoms. The molecule has 0 aromatic carbocycles. The molecule has 16 heavy (non-hydrogen) atoms. The molecule has 0 atom stereocenters. The molecule has 2 rings (SSSR count). The van der Waals surface area contributed by atoms with Crippen LogP contribution in [0.5, 0.6) is 0 Å². The second-order valence-electron chi connectivity index (χ2n) is 6.72. The van der Waals surface area contributed by atoms with Gasteiger partial charge in [-0.15, -0.1) is 0 Å². The van der Waals surface area contributed by atoms with Crippen molar-refractivity contribution in [2.24, 2.45) is 5.92 Å². The van der Waals surface area contributed by atoms with Crippen LogP contribution in [-0.4, -0.2) is 12.5 Å². The summed E-state index contributed by atoms with van der Waals surface area (Å²) in [6.07, 6.45) is 8.53. The van der Waals surface area contributed by atoms with Gasteiger partial charge in [0.25, 0.3) is 6.92 Å². The summed E-state index contributed by atoms with van der Waals surface area (Å²) in [5, 5.41) is 0. The summed E-state index contributed by atoms with van der Waals surface area (Å²) in [6.45, 7) is 9.65. The van der Waals surface area contributed by atoms with Crippen LogP contribution in [0, 0.1) is 5.92 Å². The highest BCUT2D eigenvalue weighted by Gasteiger charge is 2.44. The van der Waals surface area contributed by atoms with Crippen molar-refractivity contribution in [3.63, 3.8) is 0 Å². The molecular weight excluding hydrogens is 195 g/mol. The Hall–Kier alpha value is 0.0249. The molecule has 2 fully saturated rings. The first kappa shape index (κ1) is 12.5. The first-order chi connectivity index (χ1) is 7.50. The number of rotatable bonds is 3. The van der Waals surface area contributed by atoms with Crippen molar-refractivity contribution in [1.29, 1.82) is 0 Å². The van der Waals surface area contributed by atoms with Gasteiger partial charge in [-0.05, 0) is 31.4 Å². The van der Waals surface area contributed by atoms with Crippen LogP contribution >= 0.6 is 0 Å². The van der Waals surface area contributed by atoms with E-state index in [-0.39, 0.29) is 5.60 Å². The van der Waals surface area contributed by atoms with Crippen molar-refractivity contribution in [2.45, 2.75) is 83.5 Å². The first-order valence-corrected chi connectivity index (χ1v) is 7.18. The van der Waals surface area contributed by atoms with E-state index in [0.717, 1.165) is 11.6 Å². The highest BCUT2D eigenvalue weighted by Crippen LogP contribution is 2.48. The zero-order valence-electron chi connectivity index (χ0n) is 11.5. The Balaban J connectivity index is 2.03. The zero-order chi connectivity index (χ0) is 11.8. The van der Waals surface area contributed by atoms with Crippen LogP contribution in [0.3, 0.4) is 0 Å². The van der Waals surface area contributed by atoms with Crippen molar-refractivity contribution in [3.8, 4) is 0 Å². The number of fused-ring (bicyclic) bond motifs is 2. The summed E-state index contributed by atoms with van der Waals surface area (Å²) in [7, 11) is 0. The monoisotopic (exact) mass is 222 g/mol. The Morgan fingerprint density at radius 3 is 1.81 bits per heavy atom. The van der Waals surface area contributed by atoms with Gasteiger partial charge in [-0.25, -0.2) is 0 Å². The second-order valence-corrected chi connectivity index (χ2v) is 6.72. The average molecular weight is 222 g/mol. The molecule has 0 unspecified atom stereocenters. The fourth-order valence-electron chi connectivity index (χ4n) is 3.29. The lowest BCUT2D eigenvalue weighted by Crippen LogP contribution is -2.45. The maximum atomic E-state index is 6.51. The van der Waals surface area contributed by atoms with E-state index < -0.39 is 0 Å². The van der Waals surface area contributed by atoms with Crippen LogP contribution < -0.4 is 0 Å². The third-order valence-electron chi connectivity index (χ3n) is 5.06. The van der Waals surface area contributed by atoms with E-state index in [2.05, 4.69) is 27.7 Å². The minimum atomic E-state index is 0.0514. The zero-order valence-corrected chi connectivity index (χ0v) is 11.5. The van der Waals surface area contributed by atoms with E-state index in [1.54, 1.807) is 0 Å². The third-order valence-corrected chi connectivity index (χ3v) is 5.06. The van der Waals surface area contributed by atoms with Gasteiger partial charge < -0.3 is 4.65 Å².